The number of nitrogens with zero attached hydrogens (tertiary/aromatic N) is 2. The van der Waals surface area contributed by atoms with Crippen LogP contribution in [0.15, 0.2) is 48.5 Å². The number of benzene rings is 2. The molecule has 0 aliphatic heterocycles. The SMILES string of the molecule is COc1ccc(N(C)C(=O)N(C)Cc2ccc(Cl)cc2)cc1. The quantitative estimate of drug-likeness (QED) is 0.852. The van der Waals surface area contributed by atoms with Gasteiger partial charge in [-0.3, -0.25) is 4.90 Å². The number of anilines is 1. The number of methoxy groups -OCH3 is 1. The molecule has 0 saturated carbocycles. The van der Waals surface area contributed by atoms with E-state index < -0.39 is 0 Å². The van der Waals surface area contributed by atoms with E-state index in [4.69, 9.17) is 16.3 Å². The highest BCUT2D eigenvalue weighted by molar-refractivity contribution is 6.30. The lowest BCUT2D eigenvalue weighted by Gasteiger charge is -2.25. The van der Waals surface area contributed by atoms with Crippen LogP contribution in [-0.4, -0.2) is 32.1 Å². The zero-order valence-corrected chi connectivity index (χ0v) is 13.7. The summed E-state index contributed by atoms with van der Waals surface area (Å²) in [5.74, 6) is 0.763. The van der Waals surface area contributed by atoms with Crippen LogP contribution < -0.4 is 9.64 Å². The Kier molecular flexibility index (Phi) is 5.28. The van der Waals surface area contributed by atoms with E-state index in [2.05, 4.69) is 0 Å². The number of urea groups is 1. The summed E-state index contributed by atoms with van der Waals surface area (Å²) in [5.41, 5.74) is 1.84. The van der Waals surface area contributed by atoms with Gasteiger partial charge in [0.15, 0.2) is 0 Å². The Morgan fingerprint density at radius 3 is 2.18 bits per heavy atom. The predicted octanol–water partition coefficient (Wildman–Crippen LogP) is 4.04. The lowest BCUT2D eigenvalue weighted by Crippen LogP contribution is -2.38. The first-order valence-corrected chi connectivity index (χ1v) is 7.26. The van der Waals surface area contributed by atoms with Crippen LogP contribution >= 0.6 is 11.6 Å². The van der Waals surface area contributed by atoms with Gasteiger partial charge in [-0.1, -0.05) is 23.7 Å². The summed E-state index contributed by atoms with van der Waals surface area (Å²) in [5, 5.41) is 0.688. The molecule has 2 amide bonds. The number of halogens is 1. The Morgan fingerprint density at radius 1 is 1.05 bits per heavy atom. The van der Waals surface area contributed by atoms with Crippen LogP contribution in [0.3, 0.4) is 0 Å². The predicted molar refractivity (Wildman–Crippen MR) is 89.7 cm³/mol. The number of hydrogen-bond donors (Lipinski definition) is 0. The smallest absolute Gasteiger partial charge is 0.324 e. The lowest BCUT2D eigenvalue weighted by molar-refractivity contribution is 0.215. The maximum absolute atomic E-state index is 12.5. The van der Waals surface area contributed by atoms with Gasteiger partial charge in [-0.15, -0.1) is 0 Å². The lowest BCUT2D eigenvalue weighted by atomic mass is 10.2. The number of ether oxygens (including phenoxy) is 1. The van der Waals surface area contributed by atoms with Crippen LogP contribution in [-0.2, 0) is 6.54 Å². The van der Waals surface area contributed by atoms with Crippen molar-refractivity contribution in [2.24, 2.45) is 0 Å². The van der Waals surface area contributed by atoms with Gasteiger partial charge in [-0.05, 0) is 42.0 Å². The van der Waals surface area contributed by atoms with Crippen LogP contribution in [0.2, 0.25) is 5.02 Å². The minimum atomic E-state index is -0.0832. The van der Waals surface area contributed by atoms with E-state index in [0.29, 0.717) is 11.6 Å². The molecular weight excluding hydrogens is 300 g/mol. The number of carbonyl (C=O) groups excluding carboxylic acids is 1. The fourth-order valence-electron chi connectivity index (χ4n) is 2.10. The Labute approximate surface area is 135 Å². The fraction of sp³-hybridized carbons (Fsp3) is 0.235. The van der Waals surface area contributed by atoms with Crippen molar-refractivity contribution < 1.29 is 9.53 Å². The molecule has 0 aliphatic rings. The van der Waals surface area contributed by atoms with Crippen LogP contribution in [0.5, 0.6) is 5.75 Å². The van der Waals surface area contributed by atoms with Gasteiger partial charge in [0.1, 0.15) is 5.75 Å². The van der Waals surface area contributed by atoms with Gasteiger partial charge in [-0.25, -0.2) is 4.79 Å². The first kappa shape index (κ1) is 16.2. The molecule has 0 atom stereocenters. The maximum atomic E-state index is 12.5. The second kappa shape index (κ2) is 7.18. The van der Waals surface area contributed by atoms with Crippen molar-refractivity contribution in [1.82, 2.24) is 4.90 Å². The largest absolute Gasteiger partial charge is 0.497 e. The zero-order valence-electron chi connectivity index (χ0n) is 12.9. The van der Waals surface area contributed by atoms with Gasteiger partial charge >= 0.3 is 6.03 Å². The van der Waals surface area contributed by atoms with E-state index in [9.17, 15) is 4.79 Å². The van der Waals surface area contributed by atoms with Gasteiger partial charge in [0.25, 0.3) is 0 Å². The molecule has 22 heavy (non-hydrogen) atoms. The highest BCUT2D eigenvalue weighted by Crippen LogP contribution is 2.19. The van der Waals surface area contributed by atoms with Gasteiger partial charge in [0.05, 0.1) is 7.11 Å². The average Bonchev–Trinajstić information content (AvgIpc) is 2.55. The Balaban J connectivity index is 2.03. The van der Waals surface area contributed by atoms with Gasteiger partial charge in [0.2, 0.25) is 0 Å². The summed E-state index contributed by atoms with van der Waals surface area (Å²) in [6, 6.07) is 14.8. The molecule has 0 radical (unpaired) electrons. The molecule has 0 aromatic heterocycles. The minimum absolute atomic E-state index is 0.0832. The monoisotopic (exact) mass is 318 g/mol. The molecule has 116 valence electrons. The van der Waals surface area contributed by atoms with E-state index in [1.54, 1.807) is 31.0 Å². The summed E-state index contributed by atoms with van der Waals surface area (Å²) < 4.78 is 5.12. The third-order valence-electron chi connectivity index (χ3n) is 3.41. The van der Waals surface area contributed by atoms with E-state index >= 15 is 0 Å². The summed E-state index contributed by atoms with van der Waals surface area (Å²) in [4.78, 5) is 15.7. The Hall–Kier alpha value is -2.20. The number of amides is 2. The normalized spacial score (nSPS) is 10.2. The molecule has 5 heteroatoms. The van der Waals surface area contributed by atoms with E-state index in [1.165, 1.54) is 0 Å². The molecule has 2 aromatic carbocycles. The van der Waals surface area contributed by atoms with E-state index in [1.807, 2.05) is 48.5 Å². The molecule has 0 heterocycles. The number of carbonyl (C=O) groups is 1. The third kappa shape index (κ3) is 3.92. The first-order valence-electron chi connectivity index (χ1n) is 6.88. The van der Waals surface area contributed by atoms with E-state index in [-0.39, 0.29) is 6.03 Å². The standard InChI is InChI=1S/C17H19ClN2O2/c1-19(12-13-4-6-14(18)7-5-13)17(21)20(2)15-8-10-16(22-3)11-9-15/h4-11H,12H2,1-3H3. The second-order valence-electron chi connectivity index (χ2n) is 5.02. The highest BCUT2D eigenvalue weighted by Gasteiger charge is 2.16. The van der Waals surface area contributed by atoms with Crippen molar-refractivity contribution in [2.45, 2.75) is 6.54 Å². The molecule has 4 nitrogen and oxygen atoms in total. The van der Waals surface area contributed by atoms with Crippen LogP contribution in [0, 0.1) is 0 Å². The second-order valence-corrected chi connectivity index (χ2v) is 5.46. The molecular formula is C17H19ClN2O2. The van der Waals surface area contributed by atoms with Crippen molar-refractivity contribution in [3.63, 3.8) is 0 Å². The van der Waals surface area contributed by atoms with Gasteiger partial charge in [-0.2, -0.15) is 0 Å². The number of rotatable bonds is 4. The molecule has 0 fully saturated rings. The van der Waals surface area contributed by atoms with Crippen molar-refractivity contribution in [3.05, 3.63) is 59.1 Å². The van der Waals surface area contributed by atoms with Crippen molar-refractivity contribution >= 4 is 23.3 Å². The number of hydrogen-bond acceptors (Lipinski definition) is 2. The highest BCUT2D eigenvalue weighted by atomic mass is 35.5. The zero-order chi connectivity index (χ0) is 16.1. The molecule has 2 aromatic rings. The molecule has 0 bridgehead atoms. The van der Waals surface area contributed by atoms with E-state index in [0.717, 1.165) is 17.0 Å². The Bertz CT molecular complexity index is 626. The van der Waals surface area contributed by atoms with Crippen molar-refractivity contribution in [2.75, 3.05) is 26.1 Å². The molecule has 2 rings (SSSR count). The summed E-state index contributed by atoms with van der Waals surface area (Å²) in [7, 11) is 5.14. The molecule has 0 aliphatic carbocycles. The molecule has 0 saturated heterocycles. The topological polar surface area (TPSA) is 32.8 Å². The fourth-order valence-corrected chi connectivity index (χ4v) is 2.23. The van der Waals surface area contributed by atoms with Crippen molar-refractivity contribution in [3.8, 4) is 5.75 Å². The molecule has 0 spiro atoms. The minimum Gasteiger partial charge on any atom is -0.497 e. The molecule has 0 unspecified atom stereocenters. The third-order valence-corrected chi connectivity index (χ3v) is 3.66. The maximum Gasteiger partial charge on any atom is 0.324 e. The molecule has 0 N–H and O–H groups in total. The van der Waals surface area contributed by atoms with Crippen LogP contribution in [0.4, 0.5) is 10.5 Å². The summed E-state index contributed by atoms with van der Waals surface area (Å²) in [6.07, 6.45) is 0. The van der Waals surface area contributed by atoms with Crippen LogP contribution in [0.1, 0.15) is 5.56 Å². The Morgan fingerprint density at radius 2 is 1.64 bits per heavy atom. The van der Waals surface area contributed by atoms with Gasteiger partial charge in [0, 0.05) is 31.4 Å². The van der Waals surface area contributed by atoms with Crippen molar-refractivity contribution in [1.29, 1.82) is 0 Å². The van der Waals surface area contributed by atoms with Crippen LogP contribution in [0.25, 0.3) is 0 Å². The van der Waals surface area contributed by atoms with Gasteiger partial charge < -0.3 is 9.64 Å². The first-order chi connectivity index (χ1) is 10.5. The summed E-state index contributed by atoms with van der Waals surface area (Å²) >= 11 is 5.87. The average molecular weight is 319 g/mol. The summed E-state index contributed by atoms with van der Waals surface area (Å²) in [6.45, 7) is 0.524.